The standard InChI is InChI=1S/C60H40N2O/c1-4-18-41(19-5-1)43-34-37-46(38-35-43)61(57-40-45(42-20-6-2-7-21-42)36-39-47(57)44-22-8-3-9-23-44)55-31-17-32-56-59(55)52-26-11-14-30-54(52)62(56)53-29-13-10-24-48(53)50-27-16-28-51-49-25-12-15-33-58(49)63-60(50)51/h1-40H. The number of anilines is 3. The van der Waals surface area contributed by atoms with Crippen molar-refractivity contribution in [3.8, 4) is 50.2 Å². The predicted octanol–water partition coefficient (Wildman–Crippen LogP) is 16.8. The second-order valence-corrected chi connectivity index (χ2v) is 16.0. The van der Waals surface area contributed by atoms with Crippen molar-refractivity contribution in [3.63, 3.8) is 0 Å². The van der Waals surface area contributed by atoms with E-state index in [-0.39, 0.29) is 0 Å². The van der Waals surface area contributed by atoms with Crippen molar-refractivity contribution in [2.45, 2.75) is 0 Å². The van der Waals surface area contributed by atoms with E-state index in [1.165, 1.54) is 27.5 Å². The zero-order valence-electron chi connectivity index (χ0n) is 34.4. The molecule has 0 N–H and O–H groups in total. The van der Waals surface area contributed by atoms with E-state index >= 15 is 0 Å². The SMILES string of the molecule is c1ccc(-c2ccc(N(c3cc(-c4ccccc4)ccc3-c3ccccc3)c3cccc4c3c3ccccc3n4-c3ccccc3-c3cccc4c3oc3ccccc34)cc2)cc1. The maximum Gasteiger partial charge on any atom is 0.143 e. The fraction of sp³-hybridized carbons (Fsp3) is 0. The monoisotopic (exact) mass is 804 g/mol. The van der Waals surface area contributed by atoms with Crippen molar-refractivity contribution in [3.05, 3.63) is 243 Å². The number of aromatic nitrogens is 1. The molecule has 12 aromatic rings. The van der Waals surface area contributed by atoms with Crippen LogP contribution in [0.2, 0.25) is 0 Å². The molecule has 0 bridgehead atoms. The van der Waals surface area contributed by atoms with Crippen molar-refractivity contribution in [1.29, 1.82) is 0 Å². The first-order chi connectivity index (χ1) is 31.3. The molecule has 0 aliphatic carbocycles. The number of benzene rings is 10. The van der Waals surface area contributed by atoms with Crippen LogP contribution in [-0.4, -0.2) is 4.57 Å². The van der Waals surface area contributed by atoms with Gasteiger partial charge in [-0.2, -0.15) is 0 Å². The van der Waals surface area contributed by atoms with E-state index in [1.54, 1.807) is 0 Å². The Balaban J connectivity index is 1.14. The van der Waals surface area contributed by atoms with Gasteiger partial charge >= 0.3 is 0 Å². The molecular formula is C60H40N2O. The third-order valence-electron chi connectivity index (χ3n) is 12.4. The fourth-order valence-electron chi connectivity index (χ4n) is 9.53. The first-order valence-electron chi connectivity index (χ1n) is 21.5. The van der Waals surface area contributed by atoms with Crippen LogP contribution in [0.1, 0.15) is 0 Å². The minimum atomic E-state index is 0.891. The molecule has 0 aliphatic heterocycles. The molecule has 12 rings (SSSR count). The Morgan fingerprint density at radius 1 is 0.333 bits per heavy atom. The average molecular weight is 805 g/mol. The molecule has 0 atom stereocenters. The highest BCUT2D eigenvalue weighted by molar-refractivity contribution is 6.18. The van der Waals surface area contributed by atoms with Crippen molar-refractivity contribution in [2.24, 2.45) is 0 Å². The Hall–Kier alpha value is -8.40. The van der Waals surface area contributed by atoms with Gasteiger partial charge in [0.2, 0.25) is 0 Å². The Kier molecular flexibility index (Phi) is 8.83. The summed E-state index contributed by atoms with van der Waals surface area (Å²) in [6.45, 7) is 0. The lowest BCUT2D eigenvalue weighted by molar-refractivity contribution is 0.670. The van der Waals surface area contributed by atoms with Gasteiger partial charge in [-0.3, -0.25) is 0 Å². The van der Waals surface area contributed by atoms with Crippen LogP contribution in [-0.2, 0) is 0 Å². The molecule has 0 unspecified atom stereocenters. The summed E-state index contributed by atoms with van der Waals surface area (Å²) in [5.74, 6) is 0. The molecular weight excluding hydrogens is 765 g/mol. The highest BCUT2D eigenvalue weighted by Crippen LogP contribution is 2.49. The van der Waals surface area contributed by atoms with Gasteiger partial charge in [0, 0.05) is 43.9 Å². The quantitative estimate of drug-likeness (QED) is 0.153. The summed E-state index contributed by atoms with van der Waals surface area (Å²) < 4.78 is 9.09. The normalized spacial score (nSPS) is 11.5. The van der Waals surface area contributed by atoms with Gasteiger partial charge in [-0.1, -0.05) is 194 Å². The van der Waals surface area contributed by atoms with E-state index in [9.17, 15) is 0 Å². The van der Waals surface area contributed by atoms with Crippen molar-refractivity contribution >= 4 is 60.8 Å². The van der Waals surface area contributed by atoms with Gasteiger partial charge in [-0.25, -0.2) is 0 Å². The lowest BCUT2D eigenvalue weighted by Gasteiger charge is -2.29. The number of nitrogens with zero attached hydrogens (tertiary/aromatic N) is 2. The lowest BCUT2D eigenvalue weighted by Crippen LogP contribution is -2.12. The van der Waals surface area contributed by atoms with Gasteiger partial charge in [0.25, 0.3) is 0 Å². The van der Waals surface area contributed by atoms with E-state index < -0.39 is 0 Å². The molecule has 2 aromatic heterocycles. The third kappa shape index (κ3) is 6.21. The number of hydrogen-bond donors (Lipinski definition) is 0. The smallest absolute Gasteiger partial charge is 0.143 e. The second kappa shape index (κ2) is 15.3. The second-order valence-electron chi connectivity index (χ2n) is 16.0. The highest BCUT2D eigenvalue weighted by atomic mass is 16.3. The highest BCUT2D eigenvalue weighted by Gasteiger charge is 2.25. The molecule has 296 valence electrons. The fourth-order valence-corrected chi connectivity index (χ4v) is 9.53. The van der Waals surface area contributed by atoms with Gasteiger partial charge in [0.1, 0.15) is 11.2 Å². The molecule has 0 radical (unpaired) electrons. The number of fused-ring (bicyclic) bond motifs is 6. The van der Waals surface area contributed by atoms with Gasteiger partial charge in [-0.15, -0.1) is 0 Å². The van der Waals surface area contributed by atoms with E-state index in [1.807, 2.05) is 6.07 Å². The number of hydrogen-bond acceptors (Lipinski definition) is 2. The molecule has 0 saturated heterocycles. The summed E-state index contributed by atoms with van der Waals surface area (Å²) >= 11 is 0. The molecule has 63 heavy (non-hydrogen) atoms. The maximum absolute atomic E-state index is 6.64. The van der Waals surface area contributed by atoms with E-state index in [4.69, 9.17) is 4.42 Å². The number of furan rings is 1. The van der Waals surface area contributed by atoms with Crippen LogP contribution in [0.15, 0.2) is 247 Å². The van der Waals surface area contributed by atoms with Crippen LogP contribution in [0.5, 0.6) is 0 Å². The molecule has 2 heterocycles. The minimum absolute atomic E-state index is 0.891. The van der Waals surface area contributed by atoms with Crippen molar-refractivity contribution in [2.75, 3.05) is 4.90 Å². The first kappa shape index (κ1) is 36.5. The Bertz CT molecular complexity index is 3600. The van der Waals surface area contributed by atoms with Crippen molar-refractivity contribution in [1.82, 2.24) is 4.57 Å². The summed E-state index contributed by atoms with van der Waals surface area (Å²) in [5, 5.41) is 4.58. The summed E-state index contributed by atoms with van der Waals surface area (Å²) in [6, 6.07) is 87.2. The summed E-state index contributed by atoms with van der Waals surface area (Å²) in [4.78, 5) is 2.48. The largest absolute Gasteiger partial charge is 0.455 e. The summed E-state index contributed by atoms with van der Waals surface area (Å²) in [6.07, 6.45) is 0. The molecule has 3 nitrogen and oxygen atoms in total. The van der Waals surface area contributed by atoms with Gasteiger partial charge < -0.3 is 13.9 Å². The number of rotatable bonds is 8. The van der Waals surface area contributed by atoms with Crippen molar-refractivity contribution < 1.29 is 4.42 Å². The summed E-state index contributed by atoms with van der Waals surface area (Å²) in [5.41, 5.74) is 17.5. The predicted molar refractivity (Wildman–Crippen MR) is 264 cm³/mol. The van der Waals surface area contributed by atoms with Crippen LogP contribution >= 0.6 is 0 Å². The molecule has 0 spiro atoms. The van der Waals surface area contributed by atoms with Crippen LogP contribution in [0.25, 0.3) is 93.9 Å². The topological polar surface area (TPSA) is 21.3 Å². The first-order valence-corrected chi connectivity index (χ1v) is 21.5. The maximum atomic E-state index is 6.64. The molecule has 0 saturated carbocycles. The zero-order valence-corrected chi connectivity index (χ0v) is 34.4. The van der Waals surface area contributed by atoms with E-state index in [2.05, 4.69) is 246 Å². The van der Waals surface area contributed by atoms with Gasteiger partial charge in [0.15, 0.2) is 0 Å². The molecule has 10 aromatic carbocycles. The van der Waals surface area contributed by atoms with E-state index in [0.29, 0.717) is 0 Å². The van der Waals surface area contributed by atoms with Crippen LogP contribution in [0.3, 0.4) is 0 Å². The average Bonchev–Trinajstić information content (AvgIpc) is 3.92. The number of para-hydroxylation sites is 4. The van der Waals surface area contributed by atoms with Crippen LogP contribution < -0.4 is 4.90 Å². The Labute approximate surface area is 366 Å². The third-order valence-corrected chi connectivity index (χ3v) is 12.4. The van der Waals surface area contributed by atoms with Gasteiger partial charge in [-0.05, 0) is 76.3 Å². The lowest BCUT2D eigenvalue weighted by atomic mass is 9.96. The van der Waals surface area contributed by atoms with E-state index in [0.717, 1.165) is 83.5 Å². The Morgan fingerprint density at radius 2 is 0.889 bits per heavy atom. The van der Waals surface area contributed by atoms with Crippen LogP contribution in [0, 0.1) is 0 Å². The minimum Gasteiger partial charge on any atom is -0.455 e. The van der Waals surface area contributed by atoms with Crippen LogP contribution in [0.4, 0.5) is 17.1 Å². The summed E-state index contributed by atoms with van der Waals surface area (Å²) in [7, 11) is 0. The Morgan fingerprint density at radius 3 is 1.67 bits per heavy atom. The molecule has 3 heteroatoms. The molecule has 0 amide bonds. The zero-order chi connectivity index (χ0) is 41.7. The van der Waals surface area contributed by atoms with Gasteiger partial charge in [0.05, 0.1) is 28.1 Å². The molecule has 0 fully saturated rings. The molecule has 0 aliphatic rings.